The smallest absolute Gasteiger partial charge is 0.123 e. The second kappa shape index (κ2) is 4.11. The maximum atomic E-state index is 12.8. The van der Waals surface area contributed by atoms with Crippen LogP contribution >= 0.6 is 0 Å². The molecule has 2 rings (SSSR count). The molecule has 0 fully saturated rings. The van der Waals surface area contributed by atoms with Crippen LogP contribution in [0.3, 0.4) is 0 Å². The molecule has 0 aliphatic carbocycles. The molecular weight excluding hydrogens is 203 g/mol. The maximum absolute atomic E-state index is 12.8. The molecule has 0 saturated carbocycles. The largest absolute Gasteiger partial charge is 0.253 e. The van der Waals surface area contributed by atoms with Crippen molar-refractivity contribution < 1.29 is 4.39 Å². The summed E-state index contributed by atoms with van der Waals surface area (Å²) >= 11 is 0. The minimum Gasteiger partial charge on any atom is -0.253 e. The van der Waals surface area contributed by atoms with E-state index in [0.717, 1.165) is 11.3 Å². The molecule has 0 radical (unpaired) electrons. The fourth-order valence-corrected chi connectivity index (χ4v) is 1.50. The van der Waals surface area contributed by atoms with Gasteiger partial charge < -0.3 is 0 Å². The van der Waals surface area contributed by atoms with E-state index >= 15 is 0 Å². The zero-order valence-corrected chi connectivity index (χ0v) is 8.74. The fourth-order valence-electron chi connectivity index (χ4n) is 1.50. The summed E-state index contributed by atoms with van der Waals surface area (Å²) in [5, 5.41) is 8.84. The molecule has 2 aromatic rings. The van der Waals surface area contributed by atoms with E-state index < -0.39 is 0 Å². The van der Waals surface area contributed by atoms with E-state index in [0.29, 0.717) is 11.3 Å². The van der Waals surface area contributed by atoms with Crippen LogP contribution in [0.2, 0.25) is 0 Å². The van der Waals surface area contributed by atoms with Crippen LogP contribution in [-0.4, -0.2) is 4.98 Å². The molecule has 2 nitrogen and oxygen atoms in total. The van der Waals surface area contributed by atoms with Gasteiger partial charge in [-0.1, -0.05) is 0 Å². The fraction of sp³-hybridized carbons (Fsp3) is 0.0769. The number of aromatic nitrogens is 1. The van der Waals surface area contributed by atoms with Crippen LogP contribution in [0.25, 0.3) is 11.3 Å². The van der Waals surface area contributed by atoms with Crippen molar-refractivity contribution in [1.29, 1.82) is 5.26 Å². The van der Waals surface area contributed by atoms with Crippen molar-refractivity contribution in [2.24, 2.45) is 0 Å². The van der Waals surface area contributed by atoms with Gasteiger partial charge in [-0.2, -0.15) is 5.26 Å². The quantitative estimate of drug-likeness (QED) is 0.728. The van der Waals surface area contributed by atoms with Crippen LogP contribution in [-0.2, 0) is 0 Å². The number of nitrogens with zero attached hydrogens (tertiary/aromatic N) is 2. The Morgan fingerprint density at radius 1 is 1.19 bits per heavy atom. The Kier molecular flexibility index (Phi) is 2.65. The van der Waals surface area contributed by atoms with Gasteiger partial charge in [-0.25, -0.2) is 4.39 Å². The van der Waals surface area contributed by atoms with Crippen molar-refractivity contribution in [2.75, 3.05) is 0 Å². The average molecular weight is 212 g/mol. The van der Waals surface area contributed by atoms with E-state index in [2.05, 4.69) is 11.1 Å². The van der Waals surface area contributed by atoms with Crippen LogP contribution in [0.4, 0.5) is 4.39 Å². The van der Waals surface area contributed by atoms with Crippen LogP contribution in [0.1, 0.15) is 11.3 Å². The highest BCUT2D eigenvalue weighted by Gasteiger charge is 2.02. The molecule has 0 spiro atoms. The first-order valence-electron chi connectivity index (χ1n) is 4.84. The van der Waals surface area contributed by atoms with Gasteiger partial charge in [0.15, 0.2) is 0 Å². The lowest BCUT2D eigenvalue weighted by molar-refractivity contribution is 0.628. The third-order valence-electron chi connectivity index (χ3n) is 2.22. The molecule has 0 unspecified atom stereocenters. The van der Waals surface area contributed by atoms with Crippen molar-refractivity contribution in [2.45, 2.75) is 6.92 Å². The molecule has 0 amide bonds. The number of halogens is 1. The highest BCUT2D eigenvalue weighted by atomic mass is 19.1. The lowest BCUT2D eigenvalue weighted by atomic mass is 10.1. The predicted octanol–water partition coefficient (Wildman–Crippen LogP) is 3.07. The highest BCUT2D eigenvalue weighted by molar-refractivity contribution is 5.61. The standard InChI is InChI=1S/C13H9FN2/c1-9-6-10(8-15)7-13(16-9)11-2-4-12(14)5-3-11/h2-7H,1H3. The van der Waals surface area contributed by atoms with Crippen LogP contribution < -0.4 is 0 Å². The third-order valence-corrected chi connectivity index (χ3v) is 2.22. The molecule has 78 valence electrons. The van der Waals surface area contributed by atoms with Crippen LogP contribution in [0.5, 0.6) is 0 Å². The first-order valence-corrected chi connectivity index (χ1v) is 4.84. The molecule has 0 bridgehead atoms. The number of aryl methyl sites for hydroxylation is 1. The van der Waals surface area contributed by atoms with Gasteiger partial charge in [-0.05, 0) is 43.3 Å². The predicted molar refractivity (Wildman–Crippen MR) is 59.1 cm³/mol. The molecule has 3 heteroatoms. The minimum atomic E-state index is -0.281. The Hall–Kier alpha value is -2.21. The summed E-state index contributed by atoms with van der Waals surface area (Å²) in [7, 11) is 0. The molecule has 0 N–H and O–H groups in total. The normalized spacial score (nSPS) is 9.81. The number of benzene rings is 1. The summed E-state index contributed by atoms with van der Waals surface area (Å²) in [6, 6.07) is 11.5. The number of nitriles is 1. The zero-order valence-electron chi connectivity index (χ0n) is 8.74. The van der Waals surface area contributed by atoms with Gasteiger partial charge >= 0.3 is 0 Å². The molecule has 1 heterocycles. The molecule has 0 aliphatic rings. The summed E-state index contributed by atoms with van der Waals surface area (Å²) in [4.78, 5) is 4.31. The monoisotopic (exact) mass is 212 g/mol. The van der Waals surface area contributed by atoms with Crippen molar-refractivity contribution in [3.63, 3.8) is 0 Å². The van der Waals surface area contributed by atoms with Crippen molar-refractivity contribution in [3.05, 3.63) is 53.5 Å². The Morgan fingerprint density at radius 2 is 1.88 bits per heavy atom. The number of rotatable bonds is 1. The Bertz CT molecular complexity index is 553. The number of hydrogen-bond donors (Lipinski definition) is 0. The number of hydrogen-bond acceptors (Lipinski definition) is 2. The van der Waals surface area contributed by atoms with Crippen LogP contribution in [0.15, 0.2) is 36.4 Å². The van der Waals surface area contributed by atoms with E-state index in [1.165, 1.54) is 12.1 Å². The lowest BCUT2D eigenvalue weighted by Gasteiger charge is -2.02. The first-order chi connectivity index (χ1) is 7.69. The summed E-state index contributed by atoms with van der Waals surface area (Å²) < 4.78 is 12.8. The summed E-state index contributed by atoms with van der Waals surface area (Å²) in [6.07, 6.45) is 0. The molecular formula is C13H9FN2. The number of pyridine rings is 1. The highest BCUT2D eigenvalue weighted by Crippen LogP contribution is 2.19. The van der Waals surface area contributed by atoms with E-state index in [-0.39, 0.29) is 5.82 Å². The van der Waals surface area contributed by atoms with Crippen molar-refractivity contribution in [1.82, 2.24) is 4.98 Å². The summed E-state index contributed by atoms with van der Waals surface area (Å²) in [6.45, 7) is 1.83. The van der Waals surface area contributed by atoms with Gasteiger partial charge in [-0.3, -0.25) is 4.98 Å². The van der Waals surface area contributed by atoms with Gasteiger partial charge in [0.2, 0.25) is 0 Å². The molecule has 1 aromatic carbocycles. The molecule has 1 aromatic heterocycles. The van der Waals surface area contributed by atoms with E-state index in [9.17, 15) is 4.39 Å². The van der Waals surface area contributed by atoms with Gasteiger partial charge in [0, 0.05) is 11.3 Å². The Balaban J connectivity index is 2.52. The van der Waals surface area contributed by atoms with E-state index in [1.807, 2.05) is 6.92 Å². The van der Waals surface area contributed by atoms with Gasteiger partial charge in [-0.15, -0.1) is 0 Å². The third kappa shape index (κ3) is 2.06. The lowest BCUT2D eigenvalue weighted by Crippen LogP contribution is -1.89. The van der Waals surface area contributed by atoms with Gasteiger partial charge in [0.25, 0.3) is 0 Å². The van der Waals surface area contributed by atoms with E-state index in [4.69, 9.17) is 5.26 Å². The second-order valence-corrected chi connectivity index (χ2v) is 3.50. The Morgan fingerprint density at radius 3 is 2.50 bits per heavy atom. The minimum absolute atomic E-state index is 0.281. The van der Waals surface area contributed by atoms with Crippen molar-refractivity contribution in [3.8, 4) is 17.3 Å². The zero-order chi connectivity index (χ0) is 11.5. The van der Waals surface area contributed by atoms with Gasteiger partial charge in [0.05, 0.1) is 17.3 Å². The van der Waals surface area contributed by atoms with E-state index in [1.54, 1.807) is 24.3 Å². The summed E-state index contributed by atoms with van der Waals surface area (Å²) in [5.74, 6) is -0.281. The molecule has 0 aliphatic heterocycles. The molecule has 16 heavy (non-hydrogen) atoms. The van der Waals surface area contributed by atoms with Crippen LogP contribution in [0, 0.1) is 24.1 Å². The average Bonchev–Trinajstić information content (AvgIpc) is 2.29. The molecule has 0 atom stereocenters. The maximum Gasteiger partial charge on any atom is 0.123 e. The SMILES string of the molecule is Cc1cc(C#N)cc(-c2ccc(F)cc2)n1. The Labute approximate surface area is 93.0 Å². The van der Waals surface area contributed by atoms with Gasteiger partial charge in [0.1, 0.15) is 5.82 Å². The first kappa shape index (κ1) is 10.3. The molecule has 0 saturated heterocycles. The summed E-state index contributed by atoms with van der Waals surface area (Å²) in [5.41, 5.74) is 2.84. The second-order valence-electron chi connectivity index (χ2n) is 3.50. The van der Waals surface area contributed by atoms with Crippen molar-refractivity contribution >= 4 is 0 Å². The topological polar surface area (TPSA) is 36.7 Å².